The van der Waals surface area contributed by atoms with Crippen molar-refractivity contribution >= 4 is 11.9 Å². The lowest BCUT2D eigenvalue weighted by molar-refractivity contribution is -0.114. The third kappa shape index (κ3) is 7.24. The lowest BCUT2D eigenvalue weighted by atomic mass is 9.90. The minimum absolute atomic E-state index is 0.180. The molecule has 3 aromatic rings. The van der Waals surface area contributed by atoms with Crippen LogP contribution in [0.5, 0.6) is 0 Å². The second-order valence-electron chi connectivity index (χ2n) is 10.8. The number of benzene rings is 3. The Hall–Kier alpha value is -4.45. The first-order chi connectivity index (χ1) is 20.1. The molecule has 218 valence electrons. The van der Waals surface area contributed by atoms with Gasteiger partial charge in [0.2, 0.25) is 0 Å². The van der Waals surface area contributed by atoms with Gasteiger partial charge in [0.15, 0.2) is 5.60 Å². The molecule has 0 radical (unpaired) electrons. The highest BCUT2D eigenvalue weighted by molar-refractivity contribution is 5.90. The topological polar surface area (TPSA) is 98.1 Å². The largest absolute Gasteiger partial charge is 0.459 e. The second-order valence-corrected chi connectivity index (χ2v) is 10.8. The third-order valence-electron chi connectivity index (χ3n) is 7.15. The van der Waals surface area contributed by atoms with Gasteiger partial charge in [-0.05, 0) is 50.6 Å². The van der Waals surface area contributed by atoms with Crippen LogP contribution in [0.25, 0.3) is 0 Å². The highest BCUT2D eigenvalue weighted by Gasteiger charge is 2.59. The molecule has 1 fully saturated rings. The van der Waals surface area contributed by atoms with Crippen LogP contribution in [0.2, 0.25) is 0 Å². The molecular formula is C34H36N2O6. The standard InChI is InChI=1S/C34H36N2O6/c1-23-11-15-26(16-12-23)32(37)40-22-29-34(3,42-33(38)27-17-13-24(2)14-18-27)31(39-21-25-9-7-6-8-10-25)30(41-29)28(19-35)20-36(4)5/h6-18,20,29-31H,21-22H2,1-5H3/b28-20+/t29?,30?,31-,34+/m0/s1. The van der Waals surface area contributed by atoms with Gasteiger partial charge < -0.3 is 23.8 Å². The van der Waals surface area contributed by atoms with Crippen molar-refractivity contribution in [3.8, 4) is 6.07 Å². The quantitative estimate of drug-likeness (QED) is 0.237. The van der Waals surface area contributed by atoms with Gasteiger partial charge in [-0.1, -0.05) is 65.7 Å². The minimum Gasteiger partial charge on any atom is -0.459 e. The normalized spacial score (nSPS) is 21.8. The number of ether oxygens (including phenoxy) is 4. The molecule has 8 nitrogen and oxygen atoms in total. The van der Waals surface area contributed by atoms with Gasteiger partial charge in [-0.25, -0.2) is 9.59 Å². The molecule has 0 aliphatic carbocycles. The van der Waals surface area contributed by atoms with Gasteiger partial charge in [0.05, 0.1) is 29.4 Å². The lowest BCUT2D eigenvalue weighted by Gasteiger charge is -2.34. The van der Waals surface area contributed by atoms with Crippen molar-refractivity contribution in [1.82, 2.24) is 4.90 Å². The molecule has 4 rings (SSSR count). The number of hydrogen-bond donors (Lipinski definition) is 0. The predicted octanol–water partition coefficient (Wildman–Crippen LogP) is 5.40. The number of hydrogen-bond acceptors (Lipinski definition) is 8. The van der Waals surface area contributed by atoms with Crippen LogP contribution in [0.4, 0.5) is 0 Å². The molecule has 42 heavy (non-hydrogen) atoms. The first-order valence-electron chi connectivity index (χ1n) is 13.7. The van der Waals surface area contributed by atoms with Crippen LogP contribution < -0.4 is 0 Å². The second kappa shape index (κ2) is 13.5. The van der Waals surface area contributed by atoms with E-state index in [2.05, 4.69) is 6.07 Å². The monoisotopic (exact) mass is 568 g/mol. The van der Waals surface area contributed by atoms with Crippen molar-refractivity contribution in [3.63, 3.8) is 0 Å². The van der Waals surface area contributed by atoms with Gasteiger partial charge in [-0.2, -0.15) is 5.26 Å². The summed E-state index contributed by atoms with van der Waals surface area (Å²) in [4.78, 5) is 28.1. The smallest absolute Gasteiger partial charge is 0.338 e. The van der Waals surface area contributed by atoms with Gasteiger partial charge in [0.25, 0.3) is 0 Å². The van der Waals surface area contributed by atoms with Crippen molar-refractivity contribution < 1.29 is 28.5 Å². The molecule has 1 saturated heterocycles. The van der Waals surface area contributed by atoms with E-state index in [9.17, 15) is 14.9 Å². The summed E-state index contributed by atoms with van der Waals surface area (Å²) in [6.07, 6.45) is -1.10. The van der Waals surface area contributed by atoms with Crippen LogP contribution in [0.1, 0.15) is 44.3 Å². The Morgan fingerprint density at radius 3 is 2.05 bits per heavy atom. The highest BCUT2D eigenvalue weighted by atomic mass is 16.6. The van der Waals surface area contributed by atoms with E-state index >= 15 is 0 Å². The minimum atomic E-state index is -1.43. The summed E-state index contributed by atoms with van der Waals surface area (Å²) in [5, 5.41) is 10.1. The van der Waals surface area contributed by atoms with Crippen molar-refractivity contribution in [2.45, 2.75) is 51.3 Å². The third-order valence-corrected chi connectivity index (χ3v) is 7.15. The number of nitrogens with zero attached hydrogens (tertiary/aromatic N) is 2. The number of nitriles is 1. The summed E-state index contributed by atoms with van der Waals surface area (Å²) in [5.41, 5.74) is 2.49. The first-order valence-corrected chi connectivity index (χ1v) is 13.7. The summed E-state index contributed by atoms with van der Waals surface area (Å²) in [7, 11) is 3.59. The van der Waals surface area contributed by atoms with E-state index in [4.69, 9.17) is 18.9 Å². The number of aryl methyl sites for hydroxylation is 2. The van der Waals surface area contributed by atoms with E-state index in [1.165, 1.54) is 0 Å². The van der Waals surface area contributed by atoms with Crippen LogP contribution in [0.15, 0.2) is 90.6 Å². The Balaban J connectivity index is 1.69. The summed E-state index contributed by atoms with van der Waals surface area (Å²) in [6.45, 7) is 5.51. The average Bonchev–Trinajstić information content (AvgIpc) is 3.24. The predicted molar refractivity (Wildman–Crippen MR) is 158 cm³/mol. The van der Waals surface area contributed by atoms with Gasteiger partial charge in [-0.3, -0.25) is 0 Å². The lowest BCUT2D eigenvalue weighted by Crippen LogP contribution is -2.52. The van der Waals surface area contributed by atoms with Gasteiger partial charge in [-0.15, -0.1) is 0 Å². The van der Waals surface area contributed by atoms with Crippen LogP contribution in [-0.4, -0.2) is 61.5 Å². The highest BCUT2D eigenvalue weighted by Crippen LogP contribution is 2.40. The molecule has 0 amide bonds. The molecule has 2 unspecified atom stereocenters. The molecule has 4 atom stereocenters. The molecule has 0 bridgehead atoms. The van der Waals surface area contributed by atoms with Crippen LogP contribution in [0.3, 0.4) is 0 Å². The fourth-order valence-electron chi connectivity index (χ4n) is 4.76. The molecule has 0 aromatic heterocycles. The van der Waals surface area contributed by atoms with E-state index in [1.54, 1.807) is 56.4 Å². The Bertz CT molecular complexity index is 1440. The number of esters is 2. The van der Waals surface area contributed by atoms with Crippen LogP contribution >= 0.6 is 0 Å². The number of rotatable bonds is 10. The summed E-state index contributed by atoms with van der Waals surface area (Å²) in [5.74, 6) is -1.12. The fourth-order valence-corrected chi connectivity index (χ4v) is 4.76. The number of carbonyl (C=O) groups is 2. The molecule has 0 spiro atoms. The summed E-state index contributed by atoms with van der Waals surface area (Å²) in [6, 6.07) is 25.8. The molecule has 3 aromatic carbocycles. The van der Waals surface area contributed by atoms with Crippen molar-refractivity contribution in [2.24, 2.45) is 0 Å². The van der Waals surface area contributed by atoms with Crippen molar-refractivity contribution in [3.05, 3.63) is 118 Å². The maximum Gasteiger partial charge on any atom is 0.338 e. The Labute approximate surface area is 247 Å². The van der Waals surface area contributed by atoms with E-state index in [0.29, 0.717) is 11.1 Å². The molecule has 1 aliphatic heterocycles. The maximum absolute atomic E-state index is 13.5. The summed E-state index contributed by atoms with van der Waals surface area (Å²) < 4.78 is 24.7. The molecular weight excluding hydrogens is 532 g/mol. The Morgan fingerprint density at radius 1 is 0.929 bits per heavy atom. The first kappa shape index (κ1) is 30.5. The zero-order valence-corrected chi connectivity index (χ0v) is 24.6. The Kier molecular flexibility index (Phi) is 9.79. The molecule has 0 N–H and O–H groups in total. The molecule has 8 heteroatoms. The maximum atomic E-state index is 13.5. The van der Waals surface area contributed by atoms with E-state index in [0.717, 1.165) is 16.7 Å². The zero-order chi connectivity index (χ0) is 30.3. The SMILES string of the molecule is Cc1ccc(C(=O)OCC2OC(/C(C#N)=C/N(C)C)[C@H](OCc3ccccc3)[C@]2(C)OC(=O)c2ccc(C)cc2)cc1. The van der Waals surface area contributed by atoms with E-state index in [-0.39, 0.29) is 18.8 Å². The van der Waals surface area contributed by atoms with Gasteiger partial charge in [0.1, 0.15) is 24.9 Å². The van der Waals surface area contributed by atoms with Gasteiger partial charge >= 0.3 is 11.9 Å². The zero-order valence-electron chi connectivity index (χ0n) is 24.6. The Morgan fingerprint density at radius 2 is 1.50 bits per heavy atom. The average molecular weight is 569 g/mol. The molecule has 1 heterocycles. The van der Waals surface area contributed by atoms with Crippen LogP contribution in [-0.2, 0) is 25.6 Å². The molecule has 0 saturated carbocycles. The van der Waals surface area contributed by atoms with Crippen LogP contribution in [0, 0.1) is 25.2 Å². The van der Waals surface area contributed by atoms with E-state index < -0.39 is 35.9 Å². The fraction of sp³-hybridized carbons (Fsp3) is 0.324. The molecule has 1 aliphatic rings. The van der Waals surface area contributed by atoms with Crippen molar-refractivity contribution in [1.29, 1.82) is 5.26 Å². The van der Waals surface area contributed by atoms with Crippen molar-refractivity contribution in [2.75, 3.05) is 20.7 Å². The van der Waals surface area contributed by atoms with E-state index in [1.807, 2.05) is 68.4 Å². The number of carbonyl (C=O) groups excluding carboxylic acids is 2. The summed E-state index contributed by atoms with van der Waals surface area (Å²) >= 11 is 0. The van der Waals surface area contributed by atoms with Gasteiger partial charge in [0, 0.05) is 20.3 Å².